The third-order valence-corrected chi connectivity index (χ3v) is 6.83. The minimum absolute atomic E-state index is 0.376. The molecule has 8 nitrogen and oxygen atoms in total. The lowest BCUT2D eigenvalue weighted by molar-refractivity contribution is -0.288. The van der Waals surface area contributed by atoms with E-state index in [1.807, 2.05) is 43.3 Å². The highest BCUT2D eigenvalue weighted by molar-refractivity contribution is 5.89. The molecule has 2 aromatic rings. The Hall–Kier alpha value is -4.06. The van der Waals surface area contributed by atoms with Gasteiger partial charge in [0.05, 0.1) is 38.3 Å². The van der Waals surface area contributed by atoms with E-state index in [0.29, 0.717) is 22.6 Å². The van der Waals surface area contributed by atoms with Crippen LogP contribution >= 0.6 is 0 Å². The zero-order valence-corrected chi connectivity index (χ0v) is 18.7. The molecule has 2 bridgehead atoms. The lowest BCUT2D eigenvalue weighted by atomic mass is 9.53. The summed E-state index contributed by atoms with van der Waals surface area (Å²) in [5.41, 5.74) is -1.88. The van der Waals surface area contributed by atoms with Crippen molar-refractivity contribution >= 4 is 5.90 Å². The highest BCUT2D eigenvalue weighted by Crippen LogP contribution is 2.69. The Labute approximate surface area is 192 Å². The van der Waals surface area contributed by atoms with Crippen LogP contribution in [-0.4, -0.2) is 20.1 Å². The molecule has 4 atom stereocenters. The number of hydrogen-bond acceptors (Lipinski definition) is 8. The standard InChI is InChI=1S/C25H22N4O4/c1-15-5-8-18(9-6-15)25-16(2)24(14-28,22(29)33-25)23(12-26,13-27)21(32-25)17-7-10-19(30-3)20(11-17)31-4/h5-11,16,21,29H,1-4H3. The molecule has 2 heterocycles. The molecule has 8 heteroatoms. The quantitative estimate of drug-likeness (QED) is 0.753. The Kier molecular flexibility index (Phi) is 5.04. The smallest absolute Gasteiger partial charge is 0.244 e. The zero-order chi connectivity index (χ0) is 24.0. The molecule has 0 aliphatic carbocycles. The van der Waals surface area contributed by atoms with E-state index < -0.39 is 34.5 Å². The topological polar surface area (TPSA) is 132 Å². The average Bonchev–Trinajstić information content (AvgIpc) is 3.00. The number of nitriles is 3. The van der Waals surface area contributed by atoms with E-state index in [0.717, 1.165) is 5.56 Å². The van der Waals surface area contributed by atoms with Crippen molar-refractivity contribution in [3.8, 4) is 29.7 Å². The number of nitrogens with one attached hydrogen (secondary N) is 1. The number of methoxy groups -OCH3 is 2. The van der Waals surface area contributed by atoms with Crippen molar-refractivity contribution in [3.63, 3.8) is 0 Å². The molecule has 2 aliphatic rings. The molecular formula is C25H22N4O4. The molecule has 0 radical (unpaired) electrons. The Morgan fingerprint density at radius 2 is 1.58 bits per heavy atom. The number of nitrogens with zero attached hydrogens (tertiary/aromatic N) is 3. The van der Waals surface area contributed by atoms with Crippen molar-refractivity contribution in [3.05, 3.63) is 59.2 Å². The van der Waals surface area contributed by atoms with Gasteiger partial charge in [0.15, 0.2) is 16.9 Å². The summed E-state index contributed by atoms with van der Waals surface area (Å²) in [6, 6.07) is 18.5. The van der Waals surface area contributed by atoms with Crippen LogP contribution in [0.15, 0.2) is 42.5 Å². The lowest BCUT2D eigenvalue weighted by Gasteiger charge is -2.48. The molecule has 0 spiro atoms. The van der Waals surface area contributed by atoms with Crippen LogP contribution in [0.3, 0.4) is 0 Å². The van der Waals surface area contributed by atoms with Crippen LogP contribution in [-0.2, 0) is 15.3 Å². The van der Waals surface area contributed by atoms with Crippen molar-refractivity contribution < 1.29 is 18.9 Å². The van der Waals surface area contributed by atoms with Gasteiger partial charge in [-0.05, 0) is 24.6 Å². The predicted octanol–water partition coefficient (Wildman–Crippen LogP) is 4.12. The molecule has 2 saturated heterocycles. The van der Waals surface area contributed by atoms with Gasteiger partial charge in [-0.1, -0.05) is 42.8 Å². The maximum absolute atomic E-state index is 10.4. The van der Waals surface area contributed by atoms with Crippen LogP contribution in [0.5, 0.6) is 11.5 Å². The zero-order valence-electron chi connectivity index (χ0n) is 18.7. The number of rotatable bonds is 4. The van der Waals surface area contributed by atoms with E-state index >= 15 is 0 Å². The lowest BCUT2D eigenvalue weighted by Crippen LogP contribution is -2.57. The summed E-state index contributed by atoms with van der Waals surface area (Å²) in [4.78, 5) is 0. The first kappa shape index (κ1) is 22.1. The number of hydrogen-bond donors (Lipinski definition) is 1. The molecule has 33 heavy (non-hydrogen) atoms. The van der Waals surface area contributed by atoms with E-state index in [1.165, 1.54) is 14.2 Å². The highest BCUT2D eigenvalue weighted by Gasteiger charge is 2.79. The van der Waals surface area contributed by atoms with Crippen LogP contribution in [0.1, 0.15) is 29.7 Å². The minimum Gasteiger partial charge on any atom is -0.493 e. The van der Waals surface area contributed by atoms with Crippen molar-refractivity contribution in [2.75, 3.05) is 14.2 Å². The van der Waals surface area contributed by atoms with Gasteiger partial charge in [-0.25, -0.2) is 0 Å². The van der Waals surface area contributed by atoms with Crippen molar-refractivity contribution in [1.82, 2.24) is 0 Å². The van der Waals surface area contributed by atoms with E-state index in [1.54, 1.807) is 25.1 Å². The molecule has 0 aromatic heterocycles. The van der Waals surface area contributed by atoms with Crippen molar-refractivity contribution in [2.24, 2.45) is 16.7 Å². The molecular weight excluding hydrogens is 420 g/mol. The van der Waals surface area contributed by atoms with Gasteiger partial charge in [0, 0.05) is 5.56 Å². The third-order valence-electron chi connectivity index (χ3n) is 6.83. The number of benzene rings is 2. The minimum atomic E-state index is -2.05. The Morgan fingerprint density at radius 3 is 2.12 bits per heavy atom. The largest absolute Gasteiger partial charge is 0.493 e. The molecule has 2 aromatic carbocycles. The summed E-state index contributed by atoms with van der Waals surface area (Å²) < 4.78 is 23.2. The maximum Gasteiger partial charge on any atom is 0.244 e. The van der Waals surface area contributed by atoms with E-state index in [4.69, 9.17) is 24.4 Å². The van der Waals surface area contributed by atoms with E-state index in [-0.39, 0.29) is 0 Å². The van der Waals surface area contributed by atoms with Gasteiger partial charge in [0.2, 0.25) is 17.1 Å². The van der Waals surface area contributed by atoms with Gasteiger partial charge < -0.3 is 18.9 Å². The number of fused-ring (bicyclic) bond motifs is 2. The molecule has 166 valence electrons. The first-order valence-corrected chi connectivity index (χ1v) is 10.3. The Bertz CT molecular complexity index is 1240. The first-order chi connectivity index (χ1) is 15.8. The summed E-state index contributed by atoms with van der Waals surface area (Å²) in [6.45, 7) is 3.62. The van der Waals surface area contributed by atoms with Crippen LogP contribution in [0, 0.1) is 63.1 Å². The molecule has 2 aliphatic heterocycles. The van der Waals surface area contributed by atoms with Crippen LogP contribution in [0.2, 0.25) is 0 Å². The summed E-state index contributed by atoms with van der Waals surface area (Å²) in [5.74, 6) is -1.97. The fourth-order valence-electron chi connectivity index (χ4n) is 4.97. The van der Waals surface area contributed by atoms with Gasteiger partial charge in [-0.15, -0.1) is 0 Å². The number of ether oxygens (including phenoxy) is 4. The van der Waals surface area contributed by atoms with E-state index in [2.05, 4.69) is 6.07 Å². The molecule has 4 unspecified atom stereocenters. The second kappa shape index (κ2) is 7.52. The molecule has 4 rings (SSSR count). The van der Waals surface area contributed by atoms with Gasteiger partial charge in [0.25, 0.3) is 0 Å². The molecule has 0 saturated carbocycles. The molecule has 1 N–H and O–H groups in total. The maximum atomic E-state index is 10.4. The van der Waals surface area contributed by atoms with Gasteiger partial charge in [-0.2, -0.15) is 15.8 Å². The Balaban J connectivity index is 2.02. The molecule has 2 fully saturated rings. The fraction of sp³-hybridized carbons (Fsp3) is 0.360. The van der Waals surface area contributed by atoms with Gasteiger partial charge in [-0.3, -0.25) is 5.41 Å². The molecule has 0 amide bonds. The van der Waals surface area contributed by atoms with Crippen molar-refractivity contribution in [1.29, 1.82) is 21.2 Å². The number of aryl methyl sites for hydroxylation is 1. The first-order valence-electron chi connectivity index (χ1n) is 10.3. The fourth-order valence-corrected chi connectivity index (χ4v) is 4.97. The summed E-state index contributed by atoms with van der Waals surface area (Å²) in [5, 5.41) is 39.7. The summed E-state index contributed by atoms with van der Waals surface area (Å²) in [6.07, 6.45) is -1.22. The second-order valence-electron chi connectivity index (χ2n) is 8.25. The highest BCUT2D eigenvalue weighted by atomic mass is 16.7. The monoisotopic (exact) mass is 442 g/mol. The normalized spacial score (nSPS) is 29.2. The summed E-state index contributed by atoms with van der Waals surface area (Å²) >= 11 is 0. The predicted molar refractivity (Wildman–Crippen MR) is 116 cm³/mol. The van der Waals surface area contributed by atoms with Crippen LogP contribution in [0.25, 0.3) is 0 Å². The Morgan fingerprint density at radius 1 is 0.939 bits per heavy atom. The van der Waals surface area contributed by atoms with Crippen LogP contribution < -0.4 is 9.47 Å². The van der Waals surface area contributed by atoms with Crippen molar-refractivity contribution in [2.45, 2.75) is 25.7 Å². The van der Waals surface area contributed by atoms with Gasteiger partial charge >= 0.3 is 0 Å². The van der Waals surface area contributed by atoms with Crippen LogP contribution in [0.4, 0.5) is 0 Å². The SMILES string of the molecule is COc1ccc(C2OC3(c4ccc(C)cc4)OC(=N)C(C#N)(C3C)C2(C#N)C#N)cc1OC. The average molecular weight is 442 g/mol. The van der Waals surface area contributed by atoms with Gasteiger partial charge in [0.1, 0.15) is 6.10 Å². The third kappa shape index (κ3) is 2.61. The van der Waals surface area contributed by atoms with E-state index in [9.17, 15) is 15.8 Å². The summed E-state index contributed by atoms with van der Waals surface area (Å²) in [7, 11) is 2.97. The second-order valence-corrected chi connectivity index (χ2v) is 8.25.